The highest BCUT2D eigenvalue weighted by Gasteiger charge is 2.19. The first-order valence-corrected chi connectivity index (χ1v) is 7.93. The van der Waals surface area contributed by atoms with Gasteiger partial charge in [0.1, 0.15) is 0 Å². The van der Waals surface area contributed by atoms with Crippen molar-refractivity contribution >= 4 is 40.5 Å². The number of rotatable bonds is 3. The summed E-state index contributed by atoms with van der Waals surface area (Å²) in [4.78, 5) is 18.4. The van der Waals surface area contributed by atoms with Gasteiger partial charge in [-0.15, -0.1) is 0 Å². The van der Waals surface area contributed by atoms with Crippen LogP contribution in [0.2, 0.25) is 10.0 Å². The van der Waals surface area contributed by atoms with Crippen LogP contribution in [0.1, 0.15) is 10.4 Å². The van der Waals surface area contributed by atoms with Crippen molar-refractivity contribution in [3.8, 4) is 0 Å². The van der Waals surface area contributed by atoms with Gasteiger partial charge in [0, 0.05) is 24.3 Å². The van der Waals surface area contributed by atoms with Crippen molar-refractivity contribution in [1.82, 2.24) is 9.88 Å². The van der Waals surface area contributed by atoms with Crippen LogP contribution >= 0.6 is 23.2 Å². The Morgan fingerprint density at radius 2 is 1.96 bits per heavy atom. The molecule has 1 aliphatic heterocycles. The molecular formula is C16H15Cl2N3O2. The second kappa shape index (κ2) is 7.17. The van der Waals surface area contributed by atoms with Crippen LogP contribution in [0.5, 0.6) is 0 Å². The SMILES string of the molecule is O=C(c1cncc(Nc2cc(Cl)ccc2Cl)c1)N1CCOCC1. The van der Waals surface area contributed by atoms with Gasteiger partial charge in [0.15, 0.2) is 0 Å². The fourth-order valence-corrected chi connectivity index (χ4v) is 2.66. The van der Waals surface area contributed by atoms with E-state index in [4.69, 9.17) is 27.9 Å². The summed E-state index contributed by atoms with van der Waals surface area (Å²) in [6.07, 6.45) is 3.19. The number of carbonyl (C=O) groups is 1. The number of carbonyl (C=O) groups excluding carboxylic acids is 1. The molecule has 7 heteroatoms. The van der Waals surface area contributed by atoms with Crippen molar-refractivity contribution < 1.29 is 9.53 Å². The molecule has 0 bridgehead atoms. The predicted octanol–water partition coefficient (Wildman–Crippen LogP) is 3.60. The second-order valence-electron chi connectivity index (χ2n) is 5.12. The molecule has 1 fully saturated rings. The molecule has 1 aliphatic rings. The molecule has 0 spiro atoms. The average Bonchev–Trinajstić information content (AvgIpc) is 2.58. The number of aromatic nitrogens is 1. The maximum atomic E-state index is 12.5. The molecule has 0 saturated carbocycles. The summed E-state index contributed by atoms with van der Waals surface area (Å²) >= 11 is 12.1. The molecule has 5 nitrogen and oxygen atoms in total. The predicted molar refractivity (Wildman–Crippen MR) is 90.7 cm³/mol. The first kappa shape index (κ1) is 16.1. The zero-order valence-corrected chi connectivity index (χ0v) is 13.8. The number of pyridine rings is 1. The number of amides is 1. The number of halogens is 2. The molecule has 23 heavy (non-hydrogen) atoms. The number of morpholine rings is 1. The van der Waals surface area contributed by atoms with Gasteiger partial charge < -0.3 is 15.0 Å². The van der Waals surface area contributed by atoms with Gasteiger partial charge in [-0.1, -0.05) is 23.2 Å². The van der Waals surface area contributed by atoms with Gasteiger partial charge in [0.05, 0.1) is 41.4 Å². The lowest BCUT2D eigenvalue weighted by Crippen LogP contribution is -2.40. The van der Waals surface area contributed by atoms with E-state index in [9.17, 15) is 4.79 Å². The third-order valence-electron chi connectivity index (χ3n) is 3.49. The molecule has 1 saturated heterocycles. The summed E-state index contributed by atoms with van der Waals surface area (Å²) in [5.74, 6) is -0.0540. The zero-order valence-electron chi connectivity index (χ0n) is 12.3. The largest absolute Gasteiger partial charge is 0.378 e. The number of nitrogens with one attached hydrogen (secondary N) is 1. The van der Waals surface area contributed by atoms with Crippen LogP contribution in [-0.4, -0.2) is 42.1 Å². The van der Waals surface area contributed by atoms with Crippen molar-refractivity contribution in [2.24, 2.45) is 0 Å². The normalized spacial score (nSPS) is 14.6. The highest BCUT2D eigenvalue weighted by atomic mass is 35.5. The van der Waals surface area contributed by atoms with Crippen molar-refractivity contribution in [2.45, 2.75) is 0 Å². The molecule has 1 amide bonds. The van der Waals surface area contributed by atoms with Gasteiger partial charge >= 0.3 is 0 Å². The molecule has 2 aromatic rings. The fraction of sp³-hybridized carbons (Fsp3) is 0.250. The standard InChI is InChI=1S/C16H15Cl2N3O2/c17-12-1-2-14(18)15(8-12)20-13-7-11(9-19-10-13)16(22)21-3-5-23-6-4-21/h1-2,7-10,20H,3-6H2. The summed E-state index contributed by atoms with van der Waals surface area (Å²) < 4.78 is 5.26. The van der Waals surface area contributed by atoms with E-state index in [2.05, 4.69) is 10.3 Å². The summed E-state index contributed by atoms with van der Waals surface area (Å²) in [6.45, 7) is 2.32. The third-order valence-corrected chi connectivity index (χ3v) is 4.06. The first-order chi connectivity index (χ1) is 11.1. The van der Waals surface area contributed by atoms with Gasteiger partial charge in [0.25, 0.3) is 5.91 Å². The summed E-state index contributed by atoms with van der Waals surface area (Å²) in [5, 5.41) is 4.25. The lowest BCUT2D eigenvalue weighted by atomic mass is 10.2. The monoisotopic (exact) mass is 351 g/mol. The Labute approximate surface area is 144 Å². The Hall–Kier alpha value is -1.82. The fourth-order valence-electron chi connectivity index (χ4n) is 2.32. The van der Waals surface area contributed by atoms with Crippen molar-refractivity contribution in [1.29, 1.82) is 0 Å². The second-order valence-corrected chi connectivity index (χ2v) is 5.96. The van der Waals surface area contributed by atoms with E-state index >= 15 is 0 Å². The van der Waals surface area contributed by atoms with E-state index in [0.29, 0.717) is 53.3 Å². The maximum Gasteiger partial charge on any atom is 0.255 e. The molecule has 3 rings (SSSR count). The summed E-state index contributed by atoms with van der Waals surface area (Å²) in [7, 11) is 0. The highest BCUT2D eigenvalue weighted by molar-refractivity contribution is 6.35. The van der Waals surface area contributed by atoms with E-state index < -0.39 is 0 Å². The summed E-state index contributed by atoms with van der Waals surface area (Å²) in [6, 6.07) is 6.90. The highest BCUT2D eigenvalue weighted by Crippen LogP contribution is 2.28. The smallest absolute Gasteiger partial charge is 0.255 e. The molecule has 1 aromatic carbocycles. The lowest BCUT2D eigenvalue weighted by Gasteiger charge is -2.26. The van der Waals surface area contributed by atoms with E-state index in [1.54, 1.807) is 41.6 Å². The van der Waals surface area contributed by atoms with Crippen molar-refractivity contribution in [2.75, 3.05) is 31.6 Å². The van der Waals surface area contributed by atoms with Crippen LogP contribution in [0.25, 0.3) is 0 Å². The molecule has 0 radical (unpaired) electrons. The van der Waals surface area contributed by atoms with E-state index in [0.717, 1.165) is 0 Å². The average molecular weight is 352 g/mol. The van der Waals surface area contributed by atoms with Crippen LogP contribution in [0.3, 0.4) is 0 Å². The third kappa shape index (κ3) is 3.93. The Morgan fingerprint density at radius 3 is 2.74 bits per heavy atom. The Balaban J connectivity index is 1.79. The van der Waals surface area contributed by atoms with E-state index in [-0.39, 0.29) is 5.91 Å². The zero-order chi connectivity index (χ0) is 16.2. The minimum absolute atomic E-state index is 0.0540. The first-order valence-electron chi connectivity index (χ1n) is 7.17. The summed E-state index contributed by atoms with van der Waals surface area (Å²) in [5.41, 5.74) is 1.86. The molecule has 120 valence electrons. The number of hydrogen-bond acceptors (Lipinski definition) is 4. The number of nitrogens with zero attached hydrogens (tertiary/aromatic N) is 2. The van der Waals surface area contributed by atoms with E-state index in [1.807, 2.05) is 0 Å². The number of hydrogen-bond donors (Lipinski definition) is 1. The molecule has 0 atom stereocenters. The molecule has 1 N–H and O–H groups in total. The van der Waals surface area contributed by atoms with Crippen LogP contribution < -0.4 is 5.32 Å². The van der Waals surface area contributed by atoms with Gasteiger partial charge in [-0.25, -0.2) is 0 Å². The van der Waals surface area contributed by atoms with Crippen molar-refractivity contribution in [3.05, 3.63) is 52.3 Å². The molecular weight excluding hydrogens is 337 g/mol. The quantitative estimate of drug-likeness (QED) is 0.917. The number of anilines is 2. The van der Waals surface area contributed by atoms with Gasteiger partial charge in [-0.3, -0.25) is 9.78 Å². The molecule has 1 aromatic heterocycles. The van der Waals surface area contributed by atoms with Gasteiger partial charge in [0.2, 0.25) is 0 Å². The topological polar surface area (TPSA) is 54.5 Å². The molecule has 0 unspecified atom stereocenters. The van der Waals surface area contributed by atoms with E-state index in [1.165, 1.54) is 0 Å². The van der Waals surface area contributed by atoms with Crippen molar-refractivity contribution in [3.63, 3.8) is 0 Å². The Bertz CT molecular complexity index is 718. The van der Waals surface area contributed by atoms with Crippen LogP contribution in [0.4, 0.5) is 11.4 Å². The lowest BCUT2D eigenvalue weighted by molar-refractivity contribution is 0.0302. The number of ether oxygens (including phenoxy) is 1. The maximum absolute atomic E-state index is 12.5. The van der Waals surface area contributed by atoms with Crippen LogP contribution in [0, 0.1) is 0 Å². The van der Waals surface area contributed by atoms with Crippen LogP contribution in [-0.2, 0) is 4.74 Å². The number of benzene rings is 1. The van der Waals surface area contributed by atoms with Gasteiger partial charge in [-0.05, 0) is 24.3 Å². The molecule has 0 aliphatic carbocycles. The Morgan fingerprint density at radius 1 is 1.17 bits per heavy atom. The van der Waals surface area contributed by atoms with Crippen LogP contribution in [0.15, 0.2) is 36.7 Å². The minimum atomic E-state index is -0.0540. The van der Waals surface area contributed by atoms with Gasteiger partial charge in [-0.2, -0.15) is 0 Å². The minimum Gasteiger partial charge on any atom is -0.378 e. The Kier molecular flexibility index (Phi) is 5.00. The molecule has 2 heterocycles.